The Hall–Kier alpha value is -1.86. The molecule has 1 aromatic rings. The number of amides is 2. The SMILES string of the molecule is CN=C(NCc1ccc(C(N)=O)o1)N1CCN(CC(=O)N2CCOCC2)CC1.I. The minimum Gasteiger partial charge on any atom is -0.454 e. The van der Waals surface area contributed by atoms with E-state index in [1.807, 2.05) is 4.90 Å². The van der Waals surface area contributed by atoms with E-state index >= 15 is 0 Å². The molecule has 2 aliphatic rings. The van der Waals surface area contributed by atoms with Gasteiger partial charge in [-0.3, -0.25) is 19.5 Å². The van der Waals surface area contributed by atoms with E-state index in [2.05, 4.69) is 20.1 Å². The zero-order valence-electron chi connectivity index (χ0n) is 16.6. The molecule has 1 aromatic heterocycles. The van der Waals surface area contributed by atoms with E-state index in [9.17, 15) is 9.59 Å². The van der Waals surface area contributed by atoms with Gasteiger partial charge in [0.2, 0.25) is 5.91 Å². The molecule has 29 heavy (non-hydrogen) atoms. The lowest BCUT2D eigenvalue weighted by molar-refractivity contribution is -0.136. The van der Waals surface area contributed by atoms with Crippen molar-refractivity contribution in [3.05, 3.63) is 23.7 Å². The first-order chi connectivity index (χ1) is 13.6. The summed E-state index contributed by atoms with van der Waals surface area (Å²) in [5.41, 5.74) is 5.20. The summed E-state index contributed by atoms with van der Waals surface area (Å²) in [5, 5.41) is 3.24. The molecule has 0 aliphatic carbocycles. The third-order valence-electron chi connectivity index (χ3n) is 4.93. The van der Waals surface area contributed by atoms with Crippen molar-refractivity contribution in [3.63, 3.8) is 0 Å². The van der Waals surface area contributed by atoms with Gasteiger partial charge < -0.3 is 30.0 Å². The molecule has 11 heteroatoms. The second-order valence-electron chi connectivity index (χ2n) is 6.79. The molecule has 0 aromatic carbocycles. The first-order valence-corrected chi connectivity index (χ1v) is 9.49. The fourth-order valence-corrected chi connectivity index (χ4v) is 3.33. The van der Waals surface area contributed by atoms with Crippen molar-refractivity contribution in [1.29, 1.82) is 0 Å². The van der Waals surface area contributed by atoms with E-state index in [1.54, 1.807) is 19.2 Å². The highest BCUT2D eigenvalue weighted by molar-refractivity contribution is 14.0. The van der Waals surface area contributed by atoms with Gasteiger partial charge in [-0.15, -0.1) is 24.0 Å². The van der Waals surface area contributed by atoms with Gasteiger partial charge in [-0.2, -0.15) is 0 Å². The molecule has 2 fully saturated rings. The lowest BCUT2D eigenvalue weighted by atomic mass is 10.3. The van der Waals surface area contributed by atoms with Crippen LogP contribution in [0.15, 0.2) is 21.5 Å². The smallest absolute Gasteiger partial charge is 0.284 e. The summed E-state index contributed by atoms with van der Waals surface area (Å²) < 4.78 is 10.7. The standard InChI is InChI=1S/C18H28N6O4.HI/c1-20-18(21-12-14-2-3-15(28-14)17(19)26)24-6-4-22(5-7-24)13-16(25)23-8-10-27-11-9-23;/h2-3H,4-13H2,1H3,(H2,19,26)(H,20,21);1H. The number of nitrogens with two attached hydrogens (primary N) is 1. The van der Waals surface area contributed by atoms with Crippen LogP contribution in [0, 0.1) is 0 Å². The molecule has 3 N–H and O–H groups in total. The summed E-state index contributed by atoms with van der Waals surface area (Å²) in [6.07, 6.45) is 0. The van der Waals surface area contributed by atoms with Crippen molar-refractivity contribution in [2.45, 2.75) is 6.54 Å². The van der Waals surface area contributed by atoms with Crippen LogP contribution in [0.4, 0.5) is 0 Å². The summed E-state index contributed by atoms with van der Waals surface area (Å²) in [7, 11) is 1.73. The van der Waals surface area contributed by atoms with Gasteiger partial charge in [-0.1, -0.05) is 0 Å². The maximum absolute atomic E-state index is 12.4. The van der Waals surface area contributed by atoms with Crippen LogP contribution < -0.4 is 11.1 Å². The van der Waals surface area contributed by atoms with Crippen LogP contribution in [0.25, 0.3) is 0 Å². The first-order valence-electron chi connectivity index (χ1n) is 9.49. The number of nitrogens with zero attached hydrogens (tertiary/aromatic N) is 4. The van der Waals surface area contributed by atoms with Gasteiger partial charge in [0, 0.05) is 46.3 Å². The predicted octanol–water partition coefficient (Wildman–Crippen LogP) is -0.452. The van der Waals surface area contributed by atoms with E-state index in [0.717, 1.165) is 32.1 Å². The molecule has 3 heterocycles. The average molecular weight is 520 g/mol. The zero-order chi connectivity index (χ0) is 19.9. The topological polar surface area (TPSA) is 117 Å². The number of aliphatic imine (C=N–C) groups is 1. The fraction of sp³-hybridized carbons (Fsp3) is 0.611. The van der Waals surface area contributed by atoms with Crippen molar-refractivity contribution in [2.24, 2.45) is 10.7 Å². The lowest BCUT2D eigenvalue weighted by Gasteiger charge is -2.37. The maximum Gasteiger partial charge on any atom is 0.284 e. The molecular weight excluding hydrogens is 491 g/mol. The van der Waals surface area contributed by atoms with E-state index < -0.39 is 5.91 Å². The molecule has 3 rings (SSSR count). The normalized spacial score (nSPS) is 18.3. The molecular formula is C18H29IN6O4. The molecule has 2 saturated heterocycles. The molecule has 0 spiro atoms. The number of rotatable bonds is 5. The number of morpholine rings is 1. The molecule has 0 saturated carbocycles. The largest absolute Gasteiger partial charge is 0.454 e. The van der Waals surface area contributed by atoms with Gasteiger partial charge in [0.1, 0.15) is 5.76 Å². The maximum atomic E-state index is 12.4. The number of ether oxygens (including phenoxy) is 1. The average Bonchev–Trinajstić information content (AvgIpc) is 3.20. The molecule has 0 atom stereocenters. The first kappa shape index (κ1) is 23.4. The minimum atomic E-state index is -0.585. The quantitative estimate of drug-likeness (QED) is 0.307. The van der Waals surface area contributed by atoms with Gasteiger partial charge in [0.25, 0.3) is 5.91 Å². The number of carbonyl (C=O) groups excluding carboxylic acids is 2. The molecule has 2 amide bonds. The van der Waals surface area contributed by atoms with E-state index in [-0.39, 0.29) is 35.6 Å². The second kappa shape index (κ2) is 11.4. The lowest BCUT2D eigenvalue weighted by Crippen LogP contribution is -2.54. The zero-order valence-corrected chi connectivity index (χ0v) is 19.0. The minimum absolute atomic E-state index is 0. The van der Waals surface area contributed by atoms with Gasteiger partial charge in [-0.25, -0.2) is 0 Å². The van der Waals surface area contributed by atoms with Crippen molar-refractivity contribution >= 4 is 41.8 Å². The molecule has 2 aliphatic heterocycles. The van der Waals surface area contributed by atoms with Crippen LogP contribution in [0.1, 0.15) is 16.3 Å². The fourth-order valence-electron chi connectivity index (χ4n) is 3.33. The Balaban J connectivity index is 0.00000300. The van der Waals surface area contributed by atoms with E-state index in [0.29, 0.717) is 45.2 Å². The Bertz CT molecular complexity index is 711. The van der Waals surface area contributed by atoms with Crippen molar-refractivity contribution in [2.75, 3.05) is 66.1 Å². The number of hydrogen-bond acceptors (Lipinski definition) is 6. The van der Waals surface area contributed by atoms with Crippen LogP contribution in [0.5, 0.6) is 0 Å². The van der Waals surface area contributed by atoms with Crippen molar-refractivity contribution in [1.82, 2.24) is 20.0 Å². The Morgan fingerprint density at radius 3 is 2.38 bits per heavy atom. The summed E-state index contributed by atoms with van der Waals surface area (Å²) in [5.74, 6) is 1.10. The van der Waals surface area contributed by atoms with E-state index in [4.69, 9.17) is 14.9 Å². The highest BCUT2D eigenvalue weighted by atomic mass is 127. The summed E-state index contributed by atoms with van der Waals surface area (Å²) in [6.45, 7) is 6.61. The number of halogens is 1. The van der Waals surface area contributed by atoms with Crippen LogP contribution in [0.3, 0.4) is 0 Å². The highest BCUT2D eigenvalue weighted by Gasteiger charge is 2.24. The molecule has 0 unspecified atom stereocenters. The summed E-state index contributed by atoms with van der Waals surface area (Å²) >= 11 is 0. The Kier molecular flexibility index (Phi) is 9.17. The number of nitrogens with one attached hydrogen (secondary N) is 1. The Labute approximate surface area is 187 Å². The van der Waals surface area contributed by atoms with Crippen LogP contribution >= 0.6 is 24.0 Å². The highest BCUT2D eigenvalue weighted by Crippen LogP contribution is 2.08. The number of guanidine groups is 1. The predicted molar refractivity (Wildman–Crippen MR) is 118 cm³/mol. The Morgan fingerprint density at radius 1 is 1.10 bits per heavy atom. The van der Waals surface area contributed by atoms with Gasteiger partial charge >= 0.3 is 0 Å². The number of hydrogen-bond donors (Lipinski definition) is 2. The molecule has 0 bridgehead atoms. The Morgan fingerprint density at radius 2 is 1.79 bits per heavy atom. The van der Waals surface area contributed by atoms with Gasteiger partial charge in [-0.05, 0) is 12.1 Å². The number of primary amides is 1. The second-order valence-corrected chi connectivity index (χ2v) is 6.79. The van der Waals surface area contributed by atoms with Crippen molar-refractivity contribution in [3.8, 4) is 0 Å². The number of piperazine rings is 1. The molecule has 162 valence electrons. The monoisotopic (exact) mass is 520 g/mol. The van der Waals surface area contributed by atoms with Crippen molar-refractivity contribution < 1.29 is 18.7 Å². The number of furan rings is 1. The van der Waals surface area contributed by atoms with Crippen LogP contribution in [-0.2, 0) is 16.1 Å². The summed E-state index contributed by atoms with van der Waals surface area (Å²) in [4.78, 5) is 34.0. The van der Waals surface area contributed by atoms with E-state index in [1.165, 1.54) is 0 Å². The van der Waals surface area contributed by atoms with Gasteiger partial charge in [0.15, 0.2) is 11.7 Å². The third kappa shape index (κ3) is 6.57. The summed E-state index contributed by atoms with van der Waals surface area (Å²) in [6, 6.07) is 3.28. The van der Waals surface area contributed by atoms with Crippen LogP contribution in [-0.4, -0.2) is 98.5 Å². The third-order valence-corrected chi connectivity index (χ3v) is 4.93. The van der Waals surface area contributed by atoms with Gasteiger partial charge in [0.05, 0.1) is 26.3 Å². The van der Waals surface area contributed by atoms with Crippen LogP contribution in [0.2, 0.25) is 0 Å². The number of carbonyl (C=O) groups is 2. The molecule has 0 radical (unpaired) electrons. The molecule has 10 nitrogen and oxygen atoms in total.